The summed E-state index contributed by atoms with van der Waals surface area (Å²) in [6.45, 7) is 1.88. The molecule has 0 radical (unpaired) electrons. The maximum Gasteiger partial charge on any atom is 0.274 e. The zero-order chi connectivity index (χ0) is 18.5. The average molecular weight is 354 g/mol. The maximum atomic E-state index is 13.7. The van der Waals surface area contributed by atoms with Crippen LogP contribution >= 0.6 is 0 Å². The van der Waals surface area contributed by atoms with Gasteiger partial charge in [-0.1, -0.05) is 30.3 Å². The number of nitrogens with one attached hydrogen (secondary N) is 2. The molecule has 1 heterocycles. The molecule has 0 saturated carbocycles. The first kappa shape index (κ1) is 17.5. The normalized spacial score (nSPS) is 10.4. The number of benzene rings is 2. The number of hydrogen-bond donors (Lipinski definition) is 2. The standard InChI is InChI=1S/C19H16F2N4O/c1-12-10-17(18(26)24-16-9-5-4-8-15(16)21)25-19(23-12)22-11-13-6-2-3-7-14(13)20/h2-10H,11H2,1H3,(H,24,26)(H,22,23,25). The molecule has 0 bridgehead atoms. The lowest BCUT2D eigenvalue weighted by molar-refractivity contribution is 0.102. The summed E-state index contributed by atoms with van der Waals surface area (Å²) < 4.78 is 27.4. The predicted octanol–water partition coefficient (Wildman–Crippen LogP) is 3.93. The monoisotopic (exact) mass is 354 g/mol. The van der Waals surface area contributed by atoms with E-state index in [9.17, 15) is 13.6 Å². The first-order chi connectivity index (χ1) is 12.5. The molecule has 1 amide bonds. The number of anilines is 2. The number of aromatic nitrogens is 2. The van der Waals surface area contributed by atoms with Gasteiger partial charge in [0.2, 0.25) is 5.95 Å². The van der Waals surface area contributed by atoms with E-state index in [0.717, 1.165) is 0 Å². The second-order valence-corrected chi connectivity index (χ2v) is 5.60. The second-order valence-electron chi connectivity index (χ2n) is 5.60. The van der Waals surface area contributed by atoms with Crippen molar-refractivity contribution in [2.45, 2.75) is 13.5 Å². The average Bonchev–Trinajstić information content (AvgIpc) is 2.62. The maximum absolute atomic E-state index is 13.7. The van der Waals surface area contributed by atoms with Gasteiger partial charge >= 0.3 is 0 Å². The fraction of sp³-hybridized carbons (Fsp3) is 0.105. The molecule has 0 aliphatic rings. The highest BCUT2D eigenvalue weighted by Crippen LogP contribution is 2.15. The second kappa shape index (κ2) is 7.69. The van der Waals surface area contributed by atoms with E-state index in [1.807, 2.05) is 0 Å². The van der Waals surface area contributed by atoms with Crippen molar-refractivity contribution in [3.63, 3.8) is 0 Å². The van der Waals surface area contributed by atoms with E-state index in [-0.39, 0.29) is 29.7 Å². The Labute approximate surface area is 149 Å². The Morgan fingerprint density at radius 1 is 1.00 bits per heavy atom. The minimum absolute atomic E-state index is 0.0645. The van der Waals surface area contributed by atoms with E-state index < -0.39 is 11.7 Å². The quantitative estimate of drug-likeness (QED) is 0.729. The molecule has 0 saturated heterocycles. The summed E-state index contributed by atoms with van der Waals surface area (Å²) in [5.41, 5.74) is 1.15. The van der Waals surface area contributed by atoms with Crippen molar-refractivity contribution in [3.8, 4) is 0 Å². The van der Waals surface area contributed by atoms with Gasteiger partial charge < -0.3 is 10.6 Å². The van der Waals surface area contributed by atoms with Crippen molar-refractivity contribution >= 4 is 17.5 Å². The van der Waals surface area contributed by atoms with Crippen molar-refractivity contribution in [1.82, 2.24) is 9.97 Å². The number of carbonyl (C=O) groups is 1. The fourth-order valence-electron chi connectivity index (χ4n) is 2.33. The third-order valence-electron chi connectivity index (χ3n) is 3.60. The lowest BCUT2D eigenvalue weighted by Crippen LogP contribution is -2.17. The van der Waals surface area contributed by atoms with Crippen LogP contribution in [0.4, 0.5) is 20.4 Å². The van der Waals surface area contributed by atoms with Gasteiger partial charge in [0.05, 0.1) is 5.69 Å². The van der Waals surface area contributed by atoms with Crippen LogP contribution in [0.2, 0.25) is 0 Å². The van der Waals surface area contributed by atoms with Crippen LogP contribution in [0.3, 0.4) is 0 Å². The van der Waals surface area contributed by atoms with Crippen LogP contribution in [0, 0.1) is 18.6 Å². The van der Waals surface area contributed by atoms with Crippen LogP contribution in [0.1, 0.15) is 21.7 Å². The Hall–Kier alpha value is -3.35. The molecule has 0 fully saturated rings. The van der Waals surface area contributed by atoms with Gasteiger partial charge in [0.1, 0.15) is 17.3 Å². The molecular weight excluding hydrogens is 338 g/mol. The number of hydrogen-bond acceptors (Lipinski definition) is 4. The summed E-state index contributed by atoms with van der Waals surface area (Å²) in [5, 5.41) is 5.37. The number of nitrogens with zero attached hydrogens (tertiary/aromatic N) is 2. The molecule has 0 atom stereocenters. The summed E-state index contributed by atoms with van der Waals surface area (Å²) in [6, 6.07) is 13.7. The Morgan fingerprint density at radius 3 is 2.42 bits per heavy atom. The predicted molar refractivity (Wildman–Crippen MR) is 94.8 cm³/mol. The Morgan fingerprint density at radius 2 is 1.69 bits per heavy atom. The van der Waals surface area contributed by atoms with Gasteiger partial charge in [-0.2, -0.15) is 0 Å². The zero-order valence-corrected chi connectivity index (χ0v) is 14.0. The van der Waals surface area contributed by atoms with E-state index in [4.69, 9.17) is 0 Å². The summed E-state index contributed by atoms with van der Waals surface area (Å²) in [6.07, 6.45) is 0. The molecule has 26 heavy (non-hydrogen) atoms. The van der Waals surface area contributed by atoms with Crippen molar-refractivity contribution in [2.24, 2.45) is 0 Å². The summed E-state index contributed by atoms with van der Waals surface area (Å²) in [7, 11) is 0. The number of carbonyl (C=O) groups excluding carboxylic acids is 1. The largest absolute Gasteiger partial charge is 0.350 e. The van der Waals surface area contributed by atoms with Crippen LogP contribution in [0.5, 0.6) is 0 Å². The highest BCUT2D eigenvalue weighted by molar-refractivity contribution is 6.03. The minimum atomic E-state index is -0.561. The first-order valence-electron chi connectivity index (χ1n) is 7.92. The minimum Gasteiger partial charge on any atom is -0.350 e. The summed E-state index contributed by atoms with van der Waals surface area (Å²) in [5.74, 6) is -1.25. The number of amides is 1. The smallest absolute Gasteiger partial charge is 0.274 e. The van der Waals surface area contributed by atoms with Crippen LogP contribution < -0.4 is 10.6 Å². The Balaban J connectivity index is 1.76. The van der Waals surface area contributed by atoms with Gasteiger partial charge in [0.15, 0.2) is 0 Å². The number of aryl methyl sites for hydroxylation is 1. The van der Waals surface area contributed by atoms with Crippen LogP contribution in [-0.4, -0.2) is 15.9 Å². The van der Waals surface area contributed by atoms with Crippen molar-refractivity contribution in [1.29, 1.82) is 0 Å². The molecule has 0 spiro atoms. The van der Waals surface area contributed by atoms with Gasteiger partial charge in [-0.15, -0.1) is 0 Å². The number of para-hydroxylation sites is 1. The van der Waals surface area contributed by atoms with E-state index in [0.29, 0.717) is 11.3 Å². The van der Waals surface area contributed by atoms with Crippen LogP contribution in [-0.2, 0) is 6.54 Å². The van der Waals surface area contributed by atoms with Gasteiger partial charge in [-0.05, 0) is 31.2 Å². The van der Waals surface area contributed by atoms with Crippen molar-refractivity contribution in [2.75, 3.05) is 10.6 Å². The van der Waals surface area contributed by atoms with E-state index in [1.165, 1.54) is 30.3 Å². The molecule has 2 aromatic carbocycles. The molecule has 1 aromatic heterocycles. The summed E-state index contributed by atoms with van der Waals surface area (Å²) in [4.78, 5) is 20.7. The molecule has 0 unspecified atom stereocenters. The first-order valence-corrected chi connectivity index (χ1v) is 7.92. The molecule has 0 aliphatic carbocycles. The van der Waals surface area contributed by atoms with Crippen LogP contribution in [0.25, 0.3) is 0 Å². The lowest BCUT2D eigenvalue weighted by atomic mass is 10.2. The van der Waals surface area contributed by atoms with Crippen molar-refractivity contribution < 1.29 is 13.6 Å². The molecule has 7 heteroatoms. The Kier molecular flexibility index (Phi) is 5.17. The van der Waals surface area contributed by atoms with Gasteiger partial charge in [0.25, 0.3) is 5.91 Å². The lowest BCUT2D eigenvalue weighted by Gasteiger charge is -2.10. The van der Waals surface area contributed by atoms with E-state index >= 15 is 0 Å². The third kappa shape index (κ3) is 4.18. The Bertz CT molecular complexity index is 946. The topological polar surface area (TPSA) is 66.9 Å². The summed E-state index contributed by atoms with van der Waals surface area (Å²) >= 11 is 0. The number of rotatable bonds is 5. The molecular formula is C19H16F2N4O. The van der Waals surface area contributed by atoms with Crippen LogP contribution in [0.15, 0.2) is 54.6 Å². The third-order valence-corrected chi connectivity index (χ3v) is 3.60. The SMILES string of the molecule is Cc1cc(C(=O)Nc2ccccc2F)nc(NCc2ccccc2F)n1. The molecule has 2 N–H and O–H groups in total. The van der Waals surface area contributed by atoms with Gasteiger partial charge in [-0.25, -0.2) is 18.7 Å². The molecule has 0 aliphatic heterocycles. The molecule has 3 rings (SSSR count). The highest BCUT2D eigenvalue weighted by Gasteiger charge is 2.13. The molecule has 132 valence electrons. The van der Waals surface area contributed by atoms with Crippen molar-refractivity contribution in [3.05, 3.63) is 83.2 Å². The number of halogens is 2. The van der Waals surface area contributed by atoms with E-state index in [1.54, 1.807) is 31.2 Å². The van der Waals surface area contributed by atoms with Gasteiger partial charge in [-0.3, -0.25) is 4.79 Å². The van der Waals surface area contributed by atoms with E-state index in [2.05, 4.69) is 20.6 Å². The fourth-order valence-corrected chi connectivity index (χ4v) is 2.33. The molecule has 5 nitrogen and oxygen atoms in total. The van der Waals surface area contributed by atoms with Gasteiger partial charge in [0, 0.05) is 17.8 Å². The highest BCUT2D eigenvalue weighted by atomic mass is 19.1. The zero-order valence-electron chi connectivity index (χ0n) is 14.0. The molecule has 3 aromatic rings.